The predicted molar refractivity (Wildman–Crippen MR) is 78.8 cm³/mol. The number of carbonyl (C=O) groups is 1. The van der Waals surface area contributed by atoms with Crippen molar-refractivity contribution in [3.05, 3.63) is 35.4 Å². The van der Waals surface area contributed by atoms with Crippen molar-refractivity contribution in [2.24, 2.45) is 5.92 Å². The Hall–Kier alpha value is -1.51. The Labute approximate surface area is 120 Å². The molecule has 1 N–H and O–H groups in total. The number of amides is 1. The minimum absolute atomic E-state index is 0.270. The maximum Gasteiger partial charge on any atom is 0.408 e. The molecule has 0 aliphatic heterocycles. The van der Waals surface area contributed by atoms with Crippen LogP contribution in [-0.2, 0) is 12.0 Å². The molecule has 20 heavy (non-hydrogen) atoms. The van der Waals surface area contributed by atoms with Gasteiger partial charge in [0.2, 0.25) is 0 Å². The lowest BCUT2D eigenvalue weighted by atomic mass is 9.61. The van der Waals surface area contributed by atoms with Gasteiger partial charge in [-0.3, -0.25) is 4.90 Å². The molecule has 108 valence electrons. The molecule has 0 unspecified atom stereocenters. The summed E-state index contributed by atoms with van der Waals surface area (Å²) in [4.78, 5) is 13.5. The van der Waals surface area contributed by atoms with Crippen molar-refractivity contribution in [2.75, 3.05) is 6.54 Å². The average molecular weight is 273 g/mol. The highest BCUT2D eigenvalue weighted by atomic mass is 16.4. The SMILES string of the molecule is CCN(C(=O)O)[C@@]12CCCC[C@@H]1CCc1ccccc12. The van der Waals surface area contributed by atoms with Crippen LogP contribution in [0.5, 0.6) is 0 Å². The van der Waals surface area contributed by atoms with Gasteiger partial charge >= 0.3 is 6.09 Å². The lowest BCUT2D eigenvalue weighted by Crippen LogP contribution is -2.56. The van der Waals surface area contributed by atoms with Crippen molar-refractivity contribution >= 4 is 6.09 Å². The highest BCUT2D eigenvalue weighted by molar-refractivity contribution is 5.67. The molecule has 1 aromatic carbocycles. The third-order valence-corrected chi connectivity index (χ3v) is 5.31. The summed E-state index contributed by atoms with van der Waals surface area (Å²) in [6, 6.07) is 8.48. The molecule has 2 aliphatic carbocycles. The zero-order chi connectivity index (χ0) is 14.2. The summed E-state index contributed by atoms with van der Waals surface area (Å²) in [5.41, 5.74) is 2.36. The summed E-state index contributed by atoms with van der Waals surface area (Å²) < 4.78 is 0. The number of rotatable bonds is 2. The van der Waals surface area contributed by atoms with Gasteiger partial charge in [0.15, 0.2) is 0 Å². The Bertz CT molecular complexity index is 513. The maximum atomic E-state index is 11.8. The van der Waals surface area contributed by atoms with Gasteiger partial charge in [-0.2, -0.15) is 0 Å². The smallest absolute Gasteiger partial charge is 0.408 e. The summed E-state index contributed by atoms with van der Waals surface area (Å²) in [5, 5.41) is 9.71. The summed E-state index contributed by atoms with van der Waals surface area (Å²) >= 11 is 0. The molecule has 0 aromatic heterocycles. The van der Waals surface area contributed by atoms with Gasteiger partial charge in [0.1, 0.15) is 0 Å². The van der Waals surface area contributed by atoms with E-state index in [0.717, 1.165) is 32.1 Å². The van der Waals surface area contributed by atoms with Crippen molar-refractivity contribution in [3.8, 4) is 0 Å². The van der Waals surface area contributed by atoms with Crippen molar-refractivity contribution in [2.45, 2.75) is 51.0 Å². The van der Waals surface area contributed by atoms with Crippen LogP contribution in [0, 0.1) is 5.92 Å². The molecule has 2 atom stereocenters. The molecule has 3 nitrogen and oxygen atoms in total. The number of carboxylic acid groups (broad SMARTS) is 1. The van der Waals surface area contributed by atoms with Gasteiger partial charge in [0, 0.05) is 6.54 Å². The van der Waals surface area contributed by atoms with E-state index < -0.39 is 6.09 Å². The van der Waals surface area contributed by atoms with Gasteiger partial charge < -0.3 is 5.11 Å². The number of fused-ring (bicyclic) bond motifs is 3. The third-order valence-electron chi connectivity index (χ3n) is 5.31. The first-order chi connectivity index (χ1) is 9.70. The van der Waals surface area contributed by atoms with E-state index >= 15 is 0 Å². The van der Waals surface area contributed by atoms with Crippen molar-refractivity contribution in [3.63, 3.8) is 0 Å². The summed E-state index contributed by atoms with van der Waals surface area (Å²) in [5.74, 6) is 0.488. The van der Waals surface area contributed by atoms with Crippen LogP contribution in [0.25, 0.3) is 0 Å². The summed E-state index contributed by atoms with van der Waals surface area (Å²) in [6.45, 7) is 2.53. The monoisotopic (exact) mass is 273 g/mol. The van der Waals surface area contributed by atoms with Gasteiger partial charge in [-0.25, -0.2) is 4.79 Å². The van der Waals surface area contributed by atoms with Crippen LogP contribution in [0.2, 0.25) is 0 Å². The quantitative estimate of drug-likeness (QED) is 0.884. The fraction of sp³-hybridized carbons (Fsp3) is 0.588. The molecule has 0 radical (unpaired) electrons. The van der Waals surface area contributed by atoms with Crippen LogP contribution in [0.1, 0.15) is 50.2 Å². The molecule has 2 aliphatic rings. The van der Waals surface area contributed by atoms with E-state index in [1.54, 1.807) is 4.90 Å². The molecule has 1 saturated carbocycles. The summed E-state index contributed by atoms with van der Waals surface area (Å²) in [7, 11) is 0. The first-order valence-electron chi connectivity index (χ1n) is 7.79. The number of nitrogens with zero attached hydrogens (tertiary/aromatic N) is 1. The van der Waals surface area contributed by atoms with Crippen LogP contribution < -0.4 is 0 Å². The van der Waals surface area contributed by atoms with E-state index in [2.05, 4.69) is 24.3 Å². The second-order valence-corrected chi connectivity index (χ2v) is 6.09. The second kappa shape index (κ2) is 5.12. The standard InChI is InChI=1S/C17H23NO2/c1-2-18(16(19)20)17-12-6-5-8-14(17)11-10-13-7-3-4-9-15(13)17/h3-4,7,9,14H,2,5-6,8,10-12H2,1H3,(H,19,20)/t14-,17+/m1/s1. The molecule has 1 fully saturated rings. The zero-order valence-corrected chi connectivity index (χ0v) is 12.1. The number of benzene rings is 1. The zero-order valence-electron chi connectivity index (χ0n) is 12.1. The van der Waals surface area contributed by atoms with Crippen LogP contribution in [0.3, 0.4) is 0 Å². The number of hydrogen-bond donors (Lipinski definition) is 1. The fourth-order valence-corrected chi connectivity index (χ4v) is 4.55. The molecule has 0 saturated heterocycles. The van der Waals surface area contributed by atoms with E-state index in [1.165, 1.54) is 17.5 Å². The van der Waals surface area contributed by atoms with E-state index in [0.29, 0.717) is 12.5 Å². The minimum atomic E-state index is -0.767. The van der Waals surface area contributed by atoms with E-state index in [1.807, 2.05) is 6.92 Å². The maximum absolute atomic E-state index is 11.8. The number of aryl methyl sites for hydroxylation is 1. The molecular weight excluding hydrogens is 250 g/mol. The van der Waals surface area contributed by atoms with E-state index in [4.69, 9.17) is 0 Å². The second-order valence-electron chi connectivity index (χ2n) is 6.09. The highest BCUT2D eigenvalue weighted by Gasteiger charge is 2.50. The molecular formula is C17H23NO2. The Morgan fingerprint density at radius 2 is 2.15 bits per heavy atom. The van der Waals surface area contributed by atoms with Crippen LogP contribution in [0.15, 0.2) is 24.3 Å². The van der Waals surface area contributed by atoms with Gasteiger partial charge in [0.25, 0.3) is 0 Å². The molecule has 3 heteroatoms. The lowest BCUT2D eigenvalue weighted by Gasteiger charge is -2.53. The predicted octanol–water partition coefficient (Wildman–Crippen LogP) is 4.02. The van der Waals surface area contributed by atoms with Gasteiger partial charge in [-0.1, -0.05) is 37.1 Å². The molecule has 1 aromatic rings. The van der Waals surface area contributed by atoms with Gasteiger partial charge in [-0.05, 0) is 49.7 Å². The van der Waals surface area contributed by atoms with E-state index in [-0.39, 0.29) is 5.54 Å². The van der Waals surface area contributed by atoms with Crippen molar-refractivity contribution in [1.29, 1.82) is 0 Å². The molecule has 3 rings (SSSR count). The van der Waals surface area contributed by atoms with E-state index in [9.17, 15) is 9.90 Å². The van der Waals surface area contributed by atoms with Crippen LogP contribution in [-0.4, -0.2) is 22.6 Å². The molecule has 1 amide bonds. The molecule has 0 spiro atoms. The van der Waals surface area contributed by atoms with Crippen LogP contribution in [0.4, 0.5) is 4.79 Å². The summed E-state index contributed by atoms with van der Waals surface area (Å²) in [6.07, 6.45) is 5.98. The average Bonchev–Trinajstić information content (AvgIpc) is 2.47. The molecule has 0 bridgehead atoms. The Balaban J connectivity index is 2.17. The first-order valence-corrected chi connectivity index (χ1v) is 7.79. The highest BCUT2D eigenvalue weighted by Crippen LogP contribution is 2.52. The topological polar surface area (TPSA) is 40.5 Å². The third kappa shape index (κ3) is 1.83. The Morgan fingerprint density at radius 3 is 2.90 bits per heavy atom. The minimum Gasteiger partial charge on any atom is -0.465 e. The van der Waals surface area contributed by atoms with Crippen molar-refractivity contribution in [1.82, 2.24) is 4.90 Å². The first kappa shape index (κ1) is 13.5. The Kier molecular flexibility index (Phi) is 3.45. The van der Waals surface area contributed by atoms with Gasteiger partial charge in [0.05, 0.1) is 5.54 Å². The van der Waals surface area contributed by atoms with Crippen LogP contribution >= 0.6 is 0 Å². The van der Waals surface area contributed by atoms with Crippen molar-refractivity contribution < 1.29 is 9.90 Å². The molecule has 0 heterocycles. The Morgan fingerprint density at radius 1 is 1.35 bits per heavy atom. The number of hydrogen-bond acceptors (Lipinski definition) is 1. The van der Waals surface area contributed by atoms with Gasteiger partial charge in [-0.15, -0.1) is 0 Å². The fourth-order valence-electron chi connectivity index (χ4n) is 4.55. The largest absolute Gasteiger partial charge is 0.465 e. The normalized spacial score (nSPS) is 28.4. The lowest BCUT2D eigenvalue weighted by molar-refractivity contribution is -0.00231.